The molecule has 2 saturated heterocycles. The number of carbonyl (C=O) groups is 2. The van der Waals surface area contributed by atoms with Gasteiger partial charge in [0.15, 0.2) is 5.78 Å². The summed E-state index contributed by atoms with van der Waals surface area (Å²) in [7, 11) is 0. The number of aromatic nitrogens is 1. The van der Waals surface area contributed by atoms with Gasteiger partial charge in [-0.1, -0.05) is 45.0 Å². The Bertz CT molecular complexity index is 1050. The lowest BCUT2D eigenvalue weighted by Gasteiger charge is -2.52. The first-order valence-corrected chi connectivity index (χ1v) is 12.5. The van der Waals surface area contributed by atoms with E-state index in [9.17, 15) is 9.59 Å². The summed E-state index contributed by atoms with van der Waals surface area (Å²) >= 11 is 0. The third kappa shape index (κ3) is 5.39. The molecule has 5 rings (SSSR count). The molecule has 2 aromatic rings. The second kappa shape index (κ2) is 9.96. The topological polar surface area (TPSA) is 80.3 Å². The van der Waals surface area contributed by atoms with Crippen LogP contribution in [0.4, 0.5) is 5.69 Å². The summed E-state index contributed by atoms with van der Waals surface area (Å²) in [6, 6.07) is 10.1. The van der Waals surface area contributed by atoms with Crippen LogP contribution in [0.1, 0.15) is 72.3 Å². The lowest BCUT2D eigenvalue weighted by Crippen LogP contribution is -2.53. The fraction of sp³-hybridized carbons (Fsp3) is 0.536. The molecule has 2 aliphatic heterocycles. The maximum atomic E-state index is 12.9. The number of ether oxygens (including phenoxy) is 1. The van der Waals surface area contributed by atoms with Crippen LogP contribution >= 0.6 is 0 Å². The highest BCUT2D eigenvalue weighted by Crippen LogP contribution is 2.48. The normalized spacial score (nSPS) is 23.8. The first-order chi connectivity index (χ1) is 16.2. The van der Waals surface area contributed by atoms with Crippen molar-refractivity contribution in [3.63, 3.8) is 0 Å². The minimum absolute atomic E-state index is 0. The average Bonchev–Trinajstić information content (AvgIpc) is 2.84. The van der Waals surface area contributed by atoms with Gasteiger partial charge in [-0.25, -0.2) is 0 Å². The third-order valence-electron chi connectivity index (χ3n) is 7.47. The average molecular weight is 468 g/mol. The highest BCUT2D eigenvalue weighted by molar-refractivity contribution is 6.05. The number of fused-ring (bicyclic) bond motifs is 3. The van der Waals surface area contributed by atoms with Gasteiger partial charge in [-0.15, -0.1) is 0 Å². The van der Waals surface area contributed by atoms with Crippen LogP contribution in [0.15, 0.2) is 36.5 Å². The second-order valence-electron chi connectivity index (χ2n) is 10.6. The van der Waals surface area contributed by atoms with E-state index in [0.29, 0.717) is 11.4 Å². The van der Waals surface area contributed by atoms with Crippen molar-refractivity contribution < 1.29 is 17.2 Å². The van der Waals surface area contributed by atoms with Crippen LogP contribution < -0.4 is 10.6 Å². The zero-order chi connectivity index (χ0) is 24.3. The molecule has 34 heavy (non-hydrogen) atoms. The van der Waals surface area contributed by atoms with Gasteiger partial charge in [-0.3, -0.25) is 14.6 Å². The minimum atomic E-state index is -0.210. The standard InChI is InChI=1S/C28H37N3O3.2H2/c1-5-20-7-6-8-21(13-20)22-14-23(25(30-15-22)26(33)19(2)3)31-24(32)16-29-17-28-11-9-27(4,10-12-28)34-18-28;;/h6-8,13-15,19,29H,5,9-12,16-18H2,1-4H3,(H,31,32);2*1H. The lowest BCUT2D eigenvalue weighted by molar-refractivity contribution is -0.172. The second-order valence-corrected chi connectivity index (χ2v) is 10.6. The number of pyridine rings is 1. The van der Waals surface area contributed by atoms with E-state index in [4.69, 9.17) is 4.74 Å². The fourth-order valence-corrected chi connectivity index (χ4v) is 4.95. The first-order valence-electron chi connectivity index (χ1n) is 12.5. The van der Waals surface area contributed by atoms with E-state index in [1.165, 1.54) is 5.56 Å². The maximum absolute atomic E-state index is 12.9. The van der Waals surface area contributed by atoms with Gasteiger partial charge in [0.05, 0.1) is 24.4 Å². The van der Waals surface area contributed by atoms with Gasteiger partial charge >= 0.3 is 0 Å². The Morgan fingerprint density at radius 1 is 1.15 bits per heavy atom. The molecule has 3 fully saturated rings. The van der Waals surface area contributed by atoms with Crippen LogP contribution in [0.25, 0.3) is 11.1 Å². The van der Waals surface area contributed by atoms with Crippen molar-refractivity contribution >= 4 is 17.4 Å². The molecular weight excluding hydrogens is 426 g/mol. The number of amides is 1. The molecule has 0 radical (unpaired) electrons. The summed E-state index contributed by atoms with van der Waals surface area (Å²) in [5.41, 5.74) is 4.08. The van der Waals surface area contributed by atoms with Crippen molar-refractivity contribution in [3.8, 4) is 11.1 Å². The van der Waals surface area contributed by atoms with Crippen molar-refractivity contribution in [2.75, 3.05) is 25.0 Å². The molecule has 3 aliphatic rings. The Kier molecular flexibility index (Phi) is 7.20. The van der Waals surface area contributed by atoms with E-state index < -0.39 is 0 Å². The Balaban J connectivity index is 0.00000228. The predicted octanol–water partition coefficient (Wildman–Crippen LogP) is 5.52. The van der Waals surface area contributed by atoms with Crippen molar-refractivity contribution in [2.45, 2.75) is 65.4 Å². The van der Waals surface area contributed by atoms with Gasteiger partial charge < -0.3 is 15.4 Å². The summed E-state index contributed by atoms with van der Waals surface area (Å²) in [5, 5.41) is 6.29. The molecular formula is C28H41N3O3. The van der Waals surface area contributed by atoms with Crippen LogP contribution in [0.3, 0.4) is 0 Å². The van der Waals surface area contributed by atoms with E-state index in [2.05, 4.69) is 41.6 Å². The Morgan fingerprint density at radius 3 is 2.56 bits per heavy atom. The van der Waals surface area contributed by atoms with Gasteiger partial charge in [0, 0.05) is 32.5 Å². The number of ketones is 1. The highest BCUT2D eigenvalue weighted by atomic mass is 16.5. The number of hydrogen-bond acceptors (Lipinski definition) is 5. The summed E-state index contributed by atoms with van der Waals surface area (Å²) in [6.07, 6.45) is 7.09. The van der Waals surface area contributed by atoms with Gasteiger partial charge in [0.2, 0.25) is 5.91 Å². The molecule has 1 aliphatic carbocycles. The Hall–Kier alpha value is -2.57. The molecule has 1 amide bonds. The number of anilines is 1. The van der Waals surface area contributed by atoms with Gasteiger partial charge in [0.25, 0.3) is 0 Å². The number of carbonyl (C=O) groups excluding carboxylic acids is 2. The molecule has 1 aromatic heterocycles. The fourth-order valence-electron chi connectivity index (χ4n) is 4.95. The number of rotatable bonds is 9. The smallest absolute Gasteiger partial charge is 0.238 e. The molecule has 0 spiro atoms. The Labute approximate surface area is 205 Å². The number of benzene rings is 1. The van der Waals surface area contributed by atoms with E-state index in [-0.39, 0.29) is 38.0 Å². The van der Waals surface area contributed by atoms with Crippen molar-refractivity contribution in [1.82, 2.24) is 10.3 Å². The monoisotopic (exact) mass is 467 g/mol. The zero-order valence-corrected chi connectivity index (χ0v) is 20.9. The van der Waals surface area contributed by atoms with Crippen molar-refractivity contribution in [2.24, 2.45) is 11.3 Å². The number of nitrogens with zero attached hydrogens (tertiary/aromatic N) is 1. The number of aryl methyl sites for hydroxylation is 1. The van der Waals surface area contributed by atoms with Gasteiger partial charge in [-0.05, 0) is 56.2 Å². The summed E-state index contributed by atoms with van der Waals surface area (Å²) in [4.78, 5) is 30.1. The molecule has 0 unspecified atom stereocenters. The lowest BCUT2D eigenvalue weighted by atomic mass is 9.66. The van der Waals surface area contributed by atoms with Crippen LogP contribution in [-0.2, 0) is 16.0 Å². The number of nitrogens with one attached hydrogen (secondary N) is 2. The SMILES string of the molecule is CCc1cccc(-c2cnc(C(=O)C(C)C)c(NC(=O)CNCC34CCC(C)(CC3)OC4)c2)c1.[HH].[HH]. The molecule has 1 saturated carbocycles. The Morgan fingerprint density at radius 2 is 1.91 bits per heavy atom. The number of Topliss-reactive ketones (excluding diaryl/α,β-unsaturated/α-hetero) is 1. The van der Waals surface area contributed by atoms with Crippen LogP contribution in [-0.4, -0.2) is 42.0 Å². The molecule has 186 valence electrons. The molecule has 3 heterocycles. The predicted molar refractivity (Wildman–Crippen MR) is 139 cm³/mol. The van der Waals surface area contributed by atoms with E-state index in [1.54, 1.807) is 6.20 Å². The summed E-state index contributed by atoms with van der Waals surface area (Å²) < 4.78 is 6.07. The number of hydrogen-bond donors (Lipinski definition) is 2. The first kappa shape index (κ1) is 24.6. The minimum Gasteiger partial charge on any atom is -0.375 e. The van der Waals surface area contributed by atoms with Crippen LogP contribution in [0.5, 0.6) is 0 Å². The zero-order valence-electron chi connectivity index (χ0n) is 20.9. The molecule has 6 heteroatoms. The van der Waals surface area contributed by atoms with E-state index in [1.807, 2.05) is 32.0 Å². The van der Waals surface area contributed by atoms with Crippen LogP contribution in [0, 0.1) is 11.3 Å². The molecule has 2 bridgehead atoms. The largest absolute Gasteiger partial charge is 0.375 e. The quantitative estimate of drug-likeness (QED) is 0.475. The maximum Gasteiger partial charge on any atom is 0.238 e. The van der Waals surface area contributed by atoms with E-state index in [0.717, 1.165) is 56.4 Å². The van der Waals surface area contributed by atoms with Crippen LogP contribution in [0.2, 0.25) is 0 Å². The summed E-state index contributed by atoms with van der Waals surface area (Å²) in [5.74, 6) is -0.466. The summed E-state index contributed by atoms with van der Waals surface area (Å²) in [6.45, 7) is 9.71. The molecule has 0 atom stereocenters. The molecule has 2 N–H and O–H groups in total. The van der Waals surface area contributed by atoms with Crippen molar-refractivity contribution in [3.05, 3.63) is 47.8 Å². The third-order valence-corrected chi connectivity index (χ3v) is 7.47. The van der Waals surface area contributed by atoms with E-state index >= 15 is 0 Å². The molecule has 6 nitrogen and oxygen atoms in total. The van der Waals surface area contributed by atoms with Gasteiger partial charge in [-0.2, -0.15) is 0 Å². The molecule has 1 aromatic carbocycles. The highest BCUT2D eigenvalue weighted by Gasteiger charge is 2.46. The van der Waals surface area contributed by atoms with Gasteiger partial charge in [0.1, 0.15) is 5.69 Å². The van der Waals surface area contributed by atoms with Crippen molar-refractivity contribution in [1.29, 1.82) is 0 Å².